The van der Waals surface area contributed by atoms with Gasteiger partial charge in [-0.05, 0) is 6.66 Å². The van der Waals surface area contributed by atoms with Crippen molar-refractivity contribution in [1.29, 1.82) is 0 Å². The number of fused-ring (bicyclic) bond motifs is 1. The fourth-order valence-electron chi connectivity index (χ4n) is 1.34. The molecule has 2 heterocycles. The average molecular weight is 132 g/mol. The van der Waals surface area contributed by atoms with Gasteiger partial charge < -0.3 is 9.30 Å². The molecule has 2 nitrogen and oxygen atoms in total. The maximum absolute atomic E-state index is 11.2. The van der Waals surface area contributed by atoms with Gasteiger partial charge in [-0.3, -0.25) is 0 Å². The molecule has 2 aliphatic heterocycles. The third-order valence-electron chi connectivity index (χ3n) is 1.82. The Morgan fingerprint density at radius 2 is 2.00 bits per heavy atom. The fraction of sp³-hybridized carbons (Fsp3) is 1.00. The van der Waals surface area contributed by atoms with Gasteiger partial charge in [-0.25, -0.2) is 0 Å². The second kappa shape index (κ2) is 1.19. The molecule has 2 aliphatic rings. The van der Waals surface area contributed by atoms with Gasteiger partial charge in [-0.1, -0.05) is 0 Å². The first-order valence-electron chi connectivity index (χ1n) is 2.88. The molecule has 0 saturated carbocycles. The van der Waals surface area contributed by atoms with E-state index in [4.69, 9.17) is 4.74 Å². The highest BCUT2D eigenvalue weighted by Gasteiger charge is 2.51. The van der Waals surface area contributed by atoms with Crippen molar-refractivity contribution >= 4 is 7.14 Å². The zero-order valence-corrected chi connectivity index (χ0v) is 5.73. The fourth-order valence-corrected chi connectivity index (χ4v) is 3.65. The van der Waals surface area contributed by atoms with Gasteiger partial charge in [-0.15, -0.1) is 0 Å². The molecule has 0 spiro atoms. The van der Waals surface area contributed by atoms with Crippen molar-refractivity contribution in [1.82, 2.24) is 0 Å². The molecule has 0 aromatic rings. The summed E-state index contributed by atoms with van der Waals surface area (Å²) in [7, 11) is -1.67. The molecule has 0 amide bonds. The highest BCUT2D eigenvalue weighted by Crippen LogP contribution is 2.56. The molecule has 0 N–H and O–H groups in total. The lowest BCUT2D eigenvalue weighted by Crippen LogP contribution is -1.89. The smallest absolute Gasteiger partial charge is 0.0914 e. The number of ether oxygens (including phenoxy) is 1. The molecule has 0 bridgehead atoms. The van der Waals surface area contributed by atoms with E-state index in [0.29, 0.717) is 12.2 Å². The SMILES string of the molecule is CP1(=O)C[C@@H]2O[C@H]2C1. The summed E-state index contributed by atoms with van der Waals surface area (Å²) in [4.78, 5) is 0. The van der Waals surface area contributed by atoms with Crippen molar-refractivity contribution < 1.29 is 9.30 Å². The monoisotopic (exact) mass is 132 g/mol. The van der Waals surface area contributed by atoms with Crippen LogP contribution >= 0.6 is 7.14 Å². The molecule has 0 radical (unpaired) electrons. The third kappa shape index (κ3) is 0.636. The van der Waals surface area contributed by atoms with Crippen LogP contribution in [0.4, 0.5) is 0 Å². The van der Waals surface area contributed by atoms with Crippen molar-refractivity contribution in [2.75, 3.05) is 19.0 Å². The van der Waals surface area contributed by atoms with Gasteiger partial charge in [0.05, 0.1) is 19.3 Å². The summed E-state index contributed by atoms with van der Waals surface area (Å²) in [6, 6.07) is 0. The van der Waals surface area contributed by atoms with Crippen molar-refractivity contribution in [3.8, 4) is 0 Å². The van der Waals surface area contributed by atoms with E-state index in [0.717, 1.165) is 12.3 Å². The lowest BCUT2D eigenvalue weighted by atomic mass is 10.4. The maximum atomic E-state index is 11.2. The van der Waals surface area contributed by atoms with Gasteiger partial charge in [0.1, 0.15) is 0 Å². The second-order valence-corrected chi connectivity index (χ2v) is 6.20. The van der Waals surface area contributed by atoms with Crippen LogP contribution in [0.5, 0.6) is 0 Å². The first-order valence-corrected chi connectivity index (χ1v) is 5.41. The van der Waals surface area contributed by atoms with Gasteiger partial charge >= 0.3 is 0 Å². The molecule has 46 valence electrons. The first kappa shape index (κ1) is 5.01. The predicted molar refractivity (Wildman–Crippen MR) is 31.9 cm³/mol. The van der Waals surface area contributed by atoms with E-state index >= 15 is 0 Å². The predicted octanol–water partition coefficient (Wildman–Crippen LogP) is 0.760. The minimum Gasteiger partial charge on any atom is -0.369 e. The molecule has 8 heavy (non-hydrogen) atoms. The summed E-state index contributed by atoms with van der Waals surface area (Å²) in [5.74, 6) is 0. The van der Waals surface area contributed by atoms with E-state index in [9.17, 15) is 4.57 Å². The standard InChI is InChI=1S/C5H9O2P/c1-8(6)2-4-5(3-8)7-4/h4-5H,2-3H2,1H3/t4-,5-/m0/s1. The average Bonchev–Trinajstić information content (AvgIpc) is 2.11. The highest BCUT2D eigenvalue weighted by molar-refractivity contribution is 7.63. The summed E-state index contributed by atoms with van der Waals surface area (Å²) >= 11 is 0. The molecule has 3 heteroatoms. The molecule has 0 aromatic carbocycles. The molecule has 2 rings (SSSR count). The molecule has 2 fully saturated rings. The molecular formula is C5H9O2P. The number of hydrogen-bond acceptors (Lipinski definition) is 2. The molecule has 2 atom stereocenters. The van der Waals surface area contributed by atoms with E-state index in [1.807, 2.05) is 6.66 Å². The Bertz CT molecular complexity index is 152. The second-order valence-electron chi connectivity index (χ2n) is 2.87. The van der Waals surface area contributed by atoms with Gasteiger partial charge in [0.15, 0.2) is 0 Å². The van der Waals surface area contributed by atoms with Crippen LogP contribution in [0.25, 0.3) is 0 Å². The first-order chi connectivity index (χ1) is 3.67. The van der Waals surface area contributed by atoms with E-state index in [-0.39, 0.29) is 0 Å². The van der Waals surface area contributed by atoms with Crippen LogP contribution in [0.15, 0.2) is 0 Å². The summed E-state index contributed by atoms with van der Waals surface area (Å²) in [5, 5.41) is 0. The van der Waals surface area contributed by atoms with Crippen LogP contribution in [-0.4, -0.2) is 31.2 Å². The van der Waals surface area contributed by atoms with Crippen molar-refractivity contribution in [3.63, 3.8) is 0 Å². The minimum atomic E-state index is -1.67. The van der Waals surface area contributed by atoms with Crippen molar-refractivity contribution in [2.24, 2.45) is 0 Å². The summed E-state index contributed by atoms with van der Waals surface area (Å²) in [6.07, 6.45) is 2.48. The highest BCUT2D eigenvalue weighted by atomic mass is 31.2. The Balaban J connectivity index is 2.18. The van der Waals surface area contributed by atoms with Gasteiger partial charge in [0, 0.05) is 12.3 Å². The summed E-state index contributed by atoms with van der Waals surface area (Å²) in [6.45, 7) is 1.88. The minimum absolute atomic E-state index is 0.394. The lowest BCUT2D eigenvalue weighted by molar-refractivity contribution is 0.380. The van der Waals surface area contributed by atoms with Crippen LogP contribution in [0.2, 0.25) is 0 Å². The Hall–Kier alpha value is 0.190. The van der Waals surface area contributed by atoms with E-state index < -0.39 is 7.14 Å². The van der Waals surface area contributed by atoms with Crippen LogP contribution in [0.1, 0.15) is 0 Å². The quantitative estimate of drug-likeness (QED) is 0.359. The third-order valence-corrected chi connectivity index (χ3v) is 4.08. The van der Waals surface area contributed by atoms with E-state index in [1.165, 1.54) is 0 Å². The van der Waals surface area contributed by atoms with Crippen molar-refractivity contribution in [2.45, 2.75) is 12.2 Å². The lowest BCUT2D eigenvalue weighted by Gasteiger charge is -2.02. The number of rotatable bonds is 0. The molecule has 2 saturated heterocycles. The van der Waals surface area contributed by atoms with Crippen LogP contribution in [0, 0.1) is 0 Å². The van der Waals surface area contributed by atoms with Crippen LogP contribution in [-0.2, 0) is 9.30 Å². The Morgan fingerprint density at radius 1 is 1.50 bits per heavy atom. The van der Waals surface area contributed by atoms with Gasteiger partial charge in [0.25, 0.3) is 0 Å². The number of epoxide rings is 1. The zero-order chi connectivity index (χ0) is 5.78. The molecule has 0 aliphatic carbocycles. The van der Waals surface area contributed by atoms with E-state index in [1.54, 1.807) is 0 Å². The van der Waals surface area contributed by atoms with Gasteiger partial charge in [0.2, 0.25) is 0 Å². The molecule has 0 unspecified atom stereocenters. The molecular weight excluding hydrogens is 123 g/mol. The van der Waals surface area contributed by atoms with Gasteiger partial charge in [-0.2, -0.15) is 0 Å². The summed E-state index contributed by atoms with van der Waals surface area (Å²) in [5.41, 5.74) is 0. The molecule has 0 aromatic heterocycles. The Kier molecular flexibility index (Phi) is 0.748. The maximum Gasteiger partial charge on any atom is 0.0914 e. The van der Waals surface area contributed by atoms with Crippen LogP contribution < -0.4 is 0 Å². The summed E-state index contributed by atoms with van der Waals surface area (Å²) < 4.78 is 16.3. The normalized spacial score (nSPS) is 48.6. The van der Waals surface area contributed by atoms with E-state index in [2.05, 4.69) is 0 Å². The topological polar surface area (TPSA) is 29.6 Å². The number of hydrogen-bond donors (Lipinski definition) is 0. The largest absolute Gasteiger partial charge is 0.369 e. The van der Waals surface area contributed by atoms with Crippen molar-refractivity contribution in [3.05, 3.63) is 0 Å². The van der Waals surface area contributed by atoms with Crippen LogP contribution in [0.3, 0.4) is 0 Å². The Morgan fingerprint density at radius 3 is 2.25 bits per heavy atom. The zero-order valence-electron chi connectivity index (χ0n) is 4.83. The Labute approximate surface area is 48.6 Å².